The lowest BCUT2D eigenvalue weighted by Gasteiger charge is -2.19. The molecule has 0 saturated heterocycles. The van der Waals surface area contributed by atoms with Crippen molar-refractivity contribution in [3.8, 4) is 0 Å². The number of hydrogen-bond donors (Lipinski definition) is 3. The Labute approximate surface area is 110 Å². The zero-order valence-electron chi connectivity index (χ0n) is 10.7. The van der Waals surface area contributed by atoms with Gasteiger partial charge in [0.2, 0.25) is 0 Å². The van der Waals surface area contributed by atoms with Crippen molar-refractivity contribution in [2.45, 2.75) is 27.3 Å². The molecule has 0 aliphatic rings. The second kappa shape index (κ2) is 5.86. The number of nitrogens with one attached hydrogen (secondary N) is 2. The molecule has 0 spiro atoms. The Morgan fingerprint density at radius 2 is 2.00 bits per heavy atom. The summed E-state index contributed by atoms with van der Waals surface area (Å²) in [5.41, 5.74) is -0.961. The lowest BCUT2D eigenvalue weighted by atomic mass is 9.94. The van der Waals surface area contributed by atoms with Crippen LogP contribution in [0.3, 0.4) is 0 Å². The van der Waals surface area contributed by atoms with Crippen LogP contribution in [-0.2, 0) is 11.3 Å². The first-order valence-electron chi connectivity index (χ1n) is 5.62. The predicted octanol–water partition coefficient (Wildman–Crippen LogP) is 1.97. The second-order valence-electron chi connectivity index (χ2n) is 4.74. The van der Waals surface area contributed by atoms with Gasteiger partial charge in [-0.15, -0.1) is 11.3 Å². The summed E-state index contributed by atoms with van der Waals surface area (Å²) in [6.07, 6.45) is 0. The van der Waals surface area contributed by atoms with Crippen LogP contribution < -0.4 is 10.6 Å². The van der Waals surface area contributed by atoms with E-state index in [4.69, 9.17) is 5.11 Å². The summed E-state index contributed by atoms with van der Waals surface area (Å²) in [6, 6.07) is 3.60. The maximum Gasteiger partial charge on any atom is 0.315 e. The molecule has 0 aliphatic heterocycles. The van der Waals surface area contributed by atoms with Gasteiger partial charge < -0.3 is 15.7 Å². The number of aryl methyl sites for hydroxylation is 1. The molecule has 2 amide bonds. The van der Waals surface area contributed by atoms with Crippen LogP contribution in [0.1, 0.15) is 23.6 Å². The molecule has 0 bridgehead atoms. The lowest BCUT2D eigenvalue weighted by molar-refractivity contribution is -0.146. The highest BCUT2D eigenvalue weighted by atomic mass is 32.1. The molecule has 1 aromatic rings. The molecule has 0 saturated carbocycles. The third kappa shape index (κ3) is 4.37. The first-order chi connectivity index (χ1) is 8.31. The van der Waals surface area contributed by atoms with Crippen molar-refractivity contribution in [3.63, 3.8) is 0 Å². The van der Waals surface area contributed by atoms with E-state index in [0.717, 1.165) is 4.88 Å². The maximum absolute atomic E-state index is 11.5. The molecule has 0 aliphatic carbocycles. The normalized spacial score (nSPS) is 11.1. The highest BCUT2D eigenvalue weighted by Gasteiger charge is 2.27. The zero-order chi connectivity index (χ0) is 13.8. The van der Waals surface area contributed by atoms with Crippen LogP contribution in [0.4, 0.5) is 4.79 Å². The molecule has 5 nitrogen and oxygen atoms in total. The molecule has 1 heterocycles. The second-order valence-corrected chi connectivity index (χ2v) is 6.11. The fourth-order valence-corrected chi connectivity index (χ4v) is 2.02. The van der Waals surface area contributed by atoms with Gasteiger partial charge in [-0.1, -0.05) is 0 Å². The standard InChI is InChI=1S/C12H18N2O3S/c1-8-4-5-9(18-8)6-13-11(17)14-7-12(2,3)10(15)16/h4-5H,6-7H2,1-3H3,(H,15,16)(H2,13,14,17). The van der Waals surface area contributed by atoms with E-state index >= 15 is 0 Å². The third-order valence-electron chi connectivity index (χ3n) is 2.49. The van der Waals surface area contributed by atoms with E-state index in [1.165, 1.54) is 4.88 Å². The predicted molar refractivity (Wildman–Crippen MR) is 70.7 cm³/mol. The molecule has 0 aromatic carbocycles. The summed E-state index contributed by atoms with van der Waals surface area (Å²) in [5.74, 6) is -0.934. The van der Waals surface area contributed by atoms with E-state index in [2.05, 4.69) is 10.6 Å². The van der Waals surface area contributed by atoms with Gasteiger partial charge in [0.05, 0.1) is 12.0 Å². The van der Waals surface area contributed by atoms with E-state index in [0.29, 0.717) is 6.54 Å². The highest BCUT2D eigenvalue weighted by molar-refractivity contribution is 7.11. The molecule has 100 valence electrons. The van der Waals surface area contributed by atoms with Crippen molar-refractivity contribution in [2.75, 3.05) is 6.54 Å². The molecule has 0 unspecified atom stereocenters. The number of rotatable bonds is 5. The van der Waals surface area contributed by atoms with E-state index in [-0.39, 0.29) is 12.6 Å². The number of amides is 2. The number of thiophene rings is 1. The molecule has 0 atom stereocenters. The number of carboxylic acid groups (broad SMARTS) is 1. The first-order valence-corrected chi connectivity index (χ1v) is 6.43. The molecule has 1 aromatic heterocycles. The number of carboxylic acids is 1. The molecular formula is C12H18N2O3S. The Balaban J connectivity index is 2.32. The van der Waals surface area contributed by atoms with Crippen LogP contribution in [0.15, 0.2) is 12.1 Å². The third-order valence-corrected chi connectivity index (χ3v) is 3.49. The number of aliphatic carboxylic acids is 1. The van der Waals surface area contributed by atoms with Crippen molar-refractivity contribution in [2.24, 2.45) is 5.41 Å². The molecule has 0 fully saturated rings. The number of carbonyl (C=O) groups is 2. The molecule has 1 rings (SSSR count). The highest BCUT2D eigenvalue weighted by Crippen LogP contribution is 2.15. The SMILES string of the molecule is Cc1ccc(CNC(=O)NCC(C)(C)C(=O)O)s1. The van der Waals surface area contributed by atoms with Crippen molar-refractivity contribution in [1.29, 1.82) is 0 Å². The van der Waals surface area contributed by atoms with Gasteiger partial charge in [0, 0.05) is 16.3 Å². The van der Waals surface area contributed by atoms with E-state index in [1.54, 1.807) is 25.2 Å². The van der Waals surface area contributed by atoms with Crippen molar-refractivity contribution in [1.82, 2.24) is 10.6 Å². The summed E-state index contributed by atoms with van der Waals surface area (Å²) in [5, 5.41) is 14.1. The summed E-state index contributed by atoms with van der Waals surface area (Å²) in [6.45, 7) is 5.69. The van der Waals surface area contributed by atoms with Crippen LogP contribution in [0.5, 0.6) is 0 Å². The van der Waals surface area contributed by atoms with Gasteiger partial charge in [-0.25, -0.2) is 4.79 Å². The Bertz CT molecular complexity index is 440. The summed E-state index contributed by atoms with van der Waals surface area (Å²) in [7, 11) is 0. The first kappa shape index (κ1) is 14.5. The average Bonchev–Trinajstić information content (AvgIpc) is 2.69. The topological polar surface area (TPSA) is 78.4 Å². The molecule has 18 heavy (non-hydrogen) atoms. The van der Waals surface area contributed by atoms with Crippen molar-refractivity contribution < 1.29 is 14.7 Å². The molecular weight excluding hydrogens is 252 g/mol. The Morgan fingerprint density at radius 3 is 2.50 bits per heavy atom. The van der Waals surface area contributed by atoms with Gasteiger partial charge in [-0.3, -0.25) is 4.79 Å². The molecule has 6 heteroatoms. The Kier molecular flexibility index (Phi) is 4.72. The van der Waals surface area contributed by atoms with Crippen LogP contribution in [-0.4, -0.2) is 23.7 Å². The quantitative estimate of drug-likeness (QED) is 0.765. The van der Waals surface area contributed by atoms with Crippen molar-refractivity contribution >= 4 is 23.3 Å². The summed E-state index contributed by atoms with van der Waals surface area (Å²) < 4.78 is 0. The minimum absolute atomic E-state index is 0.0949. The molecule has 0 radical (unpaired) electrons. The van der Waals surface area contributed by atoms with Crippen LogP contribution in [0, 0.1) is 12.3 Å². The van der Waals surface area contributed by atoms with Gasteiger partial charge in [-0.05, 0) is 32.9 Å². The smallest absolute Gasteiger partial charge is 0.315 e. The van der Waals surface area contributed by atoms with E-state index < -0.39 is 11.4 Å². The van der Waals surface area contributed by atoms with Crippen LogP contribution >= 0.6 is 11.3 Å². The number of hydrogen-bond acceptors (Lipinski definition) is 3. The monoisotopic (exact) mass is 270 g/mol. The van der Waals surface area contributed by atoms with Gasteiger partial charge >= 0.3 is 12.0 Å². The summed E-state index contributed by atoms with van der Waals surface area (Å²) in [4.78, 5) is 24.6. The van der Waals surface area contributed by atoms with Gasteiger partial charge in [-0.2, -0.15) is 0 Å². The summed E-state index contributed by atoms with van der Waals surface area (Å²) >= 11 is 1.62. The van der Waals surface area contributed by atoms with Crippen molar-refractivity contribution in [3.05, 3.63) is 21.9 Å². The van der Waals surface area contributed by atoms with Gasteiger partial charge in [0.15, 0.2) is 0 Å². The fourth-order valence-electron chi connectivity index (χ4n) is 1.19. The van der Waals surface area contributed by atoms with Gasteiger partial charge in [0.25, 0.3) is 0 Å². The minimum atomic E-state index is -0.961. The van der Waals surface area contributed by atoms with E-state index in [9.17, 15) is 9.59 Å². The van der Waals surface area contributed by atoms with Gasteiger partial charge in [0.1, 0.15) is 0 Å². The van der Waals surface area contributed by atoms with Crippen LogP contribution in [0.25, 0.3) is 0 Å². The number of carbonyl (C=O) groups excluding carboxylic acids is 1. The largest absolute Gasteiger partial charge is 0.481 e. The number of urea groups is 1. The fraction of sp³-hybridized carbons (Fsp3) is 0.500. The maximum atomic E-state index is 11.5. The Morgan fingerprint density at radius 1 is 1.33 bits per heavy atom. The van der Waals surface area contributed by atoms with E-state index in [1.807, 2.05) is 19.1 Å². The Hall–Kier alpha value is -1.56. The lowest BCUT2D eigenvalue weighted by Crippen LogP contribution is -2.43. The van der Waals surface area contributed by atoms with Crippen LogP contribution in [0.2, 0.25) is 0 Å². The zero-order valence-corrected chi connectivity index (χ0v) is 11.6. The average molecular weight is 270 g/mol. The molecule has 3 N–H and O–H groups in total. The minimum Gasteiger partial charge on any atom is -0.481 e.